The van der Waals surface area contributed by atoms with Gasteiger partial charge in [0.25, 0.3) is 0 Å². The van der Waals surface area contributed by atoms with Gasteiger partial charge in [-0.05, 0) is 52.0 Å². The number of hydrogen-bond acceptors (Lipinski definition) is 4. The molecule has 1 aliphatic rings. The Bertz CT molecular complexity index is 552. The maximum absolute atomic E-state index is 5.80. The Morgan fingerprint density at radius 2 is 2.35 bits per heavy atom. The molecule has 17 heavy (non-hydrogen) atoms. The second kappa shape index (κ2) is 4.31. The van der Waals surface area contributed by atoms with E-state index in [0.717, 1.165) is 28.3 Å². The van der Waals surface area contributed by atoms with E-state index in [1.165, 1.54) is 11.1 Å². The quantitative estimate of drug-likeness (QED) is 0.834. The maximum Gasteiger partial charge on any atom is 0.184 e. The summed E-state index contributed by atoms with van der Waals surface area (Å²) in [4.78, 5) is 4.36. The number of rotatable bonds is 2. The van der Waals surface area contributed by atoms with E-state index in [0.29, 0.717) is 6.04 Å². The van der Waals surface area contributed by atoms with Crippen molar-refractivity contribution in [3.05, 3.63) is 39.3 Å². The first-order valence-corrected chi connectivity index (χ1v) is 7.15. The molecule has 3 rings (SSSR count). The molecular weight excluding hydrogens is 298 g/mol. The number of benzene rings is 1. The summed E-state index contributed by atoms with van der Waals surface area (Å²) in [6.45, 7) is 0. The number of thiazole rings is 1. The summed E-state index contributed by atoms with van der Waals surface area (Å²) in [7, 11) is 0. The van der Waals surface area contributed by atoms with Crippen LogP contribution in [0, 0.1) is 0 Å². The van der Waals surface area contributed by atoms with Gasteiger partial charge in [-0.1, -0.05) is 6.07 Å². The summed E-state index contributed by atoms with van der Waals surface area (Å²) in [5.41, 5.74) is 9.36. The number of halogens is 1. The lowest BCUT2D eigenvalue weighted by molar-refractivity contribution is 0.760. The third kappa shape index (κ3) is 2.17. The monoisotopic (exact) mass is 309 g/mol. The zero-order chi connectivity index (χ0) is 11.8. The molecule has 1 aliphatic carbocycles. The molecule has 1 aromatic carbocycles. The van der Waals surface area contributed by atoms with Gasteiger partial charge in [0.1, 0.15) is 4.60 Å². The first-order valence-electron chi connectivity index (χ1n) is 5.48. The van der Waals surface area contributed by atoms with Crippen molar-refractivity contribution in [2.45, 2.75) is 18.9 Å². The van der Waals surface area contributed by atoms with Gasteiger partial charge in [-0.25, -0.2) is 4.98 Å². The Kier molecular flexibility index (Phi) is 2.80. The molecule has 0 saturated heterocycles. The minimum absolute atomic E-state index is 0.364. The van der Waals surface area contributed by atoms with Gasteiger partial charge in [-0.3, -0.25) is 0 Å². The zero-order valence-electron chi connectivity index (χ0n) is 9.11. The van der Waals surface area contributed by atoms with Crippen LogP contribution in [0.25, 0.3) is 0 Å². The Morgan fingerprint density at radius 1 is 1.47 bits per heavy atom. The van der Waals surface area contributed by atoms with E-state index >= 15 is 0 Å². The molecule has 1 aromatic heterocycles. The molecule has 0 spiro atoms. The number of nitrogens with two attached hydrogens (primary N) is 1. The molecule has 2 aromatic rings. The molecule has 0 radical (unpaired) electrons. The molecule has 1 atom stereocenters. The summed E-state index contributed by atoms with van der Waals surface area (Å²) >= 11 is 4.99. The first kappa shape index (κ1) is 11.0. The van der Waals surface area contributed by atoms with Crippen LogP contribution >= 0.6 is 27.3 Å². The summed E-state index contributed by atoms with van der Waals surface area (Å²) < 4.78 is 0.889. The molecule has 0 bridgehead atoms. The molecule has 1 unspecified atom stereocenters. The van der Waals surface area contributed by atoms with Crippen LogP contribution in [0.5, 0.6) is 0 Å². The molecule has 0 amide bonds. The summed E-state index contributed by atoms with van der Waals surface area (Å²) in [6.07, 6.45) is 2.20. The van der Waals surface area contributed by atoms with Gasteiger partial charge in [0.2, 0.25) is 0 Å². The van der Waals surface area contributed by atoms with E-state index < -0.39 is 0 Å². The summed E-state index contributed by atoms with van der Waals surface area (Å²) in [6, 6.07) is 6.53. The Hall–Kier alpha value is -1.07. The molecular formula is C12H12BrN3S. The smallest absolute Gasteiger partial charge is 0.184 e. The minimum Gasteiger partial charge on any atom is -0.399 e. The fourth-order valence-electron chi connectivity index (χ4n) is 2.26. The lowest BCUT2D eigenvalue weighted by atomic mass is 10.1. The minimum atomic E-state index is 0.364. The van der Waals surface area contributed by atoms with Gasteiger partial charge in [-0.2, -0.15) is 0 Å². The van der Waals surface area contributed by atoms with Crippen molar-refractivity contribution in [1.29, 1.82) is 0 Å². The van der Waals surface area contributed by atoms with E-state index in [2.05, 4.69) is 38.4 Å². The van der Waals surface area contributed by atoms with Crippen molar-refractivity contribution >= 4 is 38.1 Å². The Labute approximate surface area is 112 Å². The van der Waals surface area contributed by atoms with Crippen molar-refractivity contribution in [2.75, 3.05) is 11.1 Å². The fraction of sp³-hybridized carbons (Fsp3) is 0.250. The third-order valence-corrected chi connectivity index (χ3v) is 4.50. The predicted molar refractivity (Wildman–Crippen MR) is 75.4 cm³/mol. The second-order valence-corrected chi connectivity index (χ2v) is 5.84. The highest BCUT2D eigenvalue weighted by molar-refractivity contribution is 9.10. The van der Waals surface area contributed by atoms with Crippen LogP contribution in [0.1, 0.15) is 23.6 Å². The first-order chi connectivity index (χ1) is 8.22. The largest absolute Gasteiger partial charge is 0.399 e. The van der Waals surface area contributed by atoms with Gasteiger partial charge >= 0.3 is 0 Å². The number of aryl methyl sites for hydroxylation is 1. The van der Waals surface area contributed by atoms with Crippen LogP contribution in [0.3, 0.4) is 0 Å². The zero-order valence-corrected chi connectivity index (χ0v) is 11.5. The van der Waals surface area contributed by atoms with Gasteiger partial charge in [0, 0.05) is 11.1 Å². The average Bonchev–Trinajstić information content (AvgIpc) is 2.86. The molecule has 1 heterocycles. The highest BCUT2D eigenvalue weighted by Gasteiger charge is 2.22. The van der Waals surface area contributed by atoms with Crippen molar-refractivity contribution in [3.63, 3.8) is 0 Å². The van der Waals surface area contributed by atoms with Crippen molar-refractivity contribution in [2.24, 2.45) is 0 Å². The maximum atomic E-state index is 5.80. The van der Waals surface area contributed by atoms with E-state index in [1.807, 2.05) is 11.4 Å². The van der Waals surface area contributed by atoms with Gasteiger partial charge in [-0.15, -0.1) is 11.3 Å². The summed E-state index contributed by atoms with van der Waals surface area (Å²) in [5.74, 6) is 0. The normalized spacial score (nSPS) is 18.1. The van der Waals surface area contributed by atoms with Crippen molar-refractivity contribution in [1.82, 2.24) is 4.98 Å². The van der Waals surface area contributed by atoms with Crippen LogP contribution in [-0.4, -0.2) is 4.98 Å². The molecule has 0 saturated carbocycles. The standard InChI is InChI=1S/C12H12BrN3S/c13-11-6-17-12(16-11)15-10-4-1-7-5-8(14)2-3-9(7)10/h2-3,5-6,10H,1,4,14H2,(H,15,16). The van der Waals surface area contributed by atoms with Crippen molar-refractivity contribution < 1.29 is 0 Å². The van der Waals surface area contributed by atoms with Gasteiger partial charge in [0.05, 0.1) is 6.04 Å². The van der Waals surface area contributed by atoms with E-state index in [1.54, 1.807) is 11.3 Å². The Morgan fingerprint density at radius 3 is 3.12 bits per heavy atom. The predicted octanol–water partition coefficient (Wildman–Crippen LogP) is 3.59. The molecule has 88 valence electrons. The lowest BCUT2D eigenvalue weighted by Gasteiger charge is -2.12. The topological polar surface area (TPSA) is 50.9 Å². The van der Waals surface area contributed by atoms with E-state index in [9.17, 15) is 0 Å². The molecule has 5 heteroatoms. The van der Waals surface area contributed by atoms with Crippen LogP contribution < -0.4 is 11.1 Å². The number of nitrogen functional groups attached to an aromatic ring is 1. The number of nitrogens with zero attached hydrogens (tertiary/aromatic N) is 1. The highest BCUT2D eigenvalue weighted by atomic mass is 79.9. The Balaban J connectivity index is 1.84. The number of anilines is 2. The van der Waals surface area contributed by atoms with Gasteiger partial charge < -0.3 is 11.1 Å². The lowest BCUT2D eigenvalue weighted by Crippen LogP contribution is -2.06. The second-order valence-electron chi connectivity index (χ2n) is 4.17. The molecule has 3 nitrogen and oxygen atoms in total. The van der Waals surface area contributed by atoms with E-state index in [4.69, 9.17) is 5.73 Å². The van der Waals surface area contributed by atoms with Crippen LogP contribution in [0.4, 0.5) is 10.8 Å². The van der Waals surface area contributed by atoms with Crippen LogP contribution in [-0.2, 0) is 6.42 Å². The van der Waals surface area contributed by atoms with Crippen LogP contribution in [0.15, 0.2) is 28.2 Å². The molecule has 3 N–H and O–H groups in total. The number of aromatic nitrogens is 1. The van der Waals surface area contributed by atoms with Crippen LogP contribution in [0.2, 0.25) is 0 Å². The van der Waals surface area contributed by atoms with Gasteiger partial charge in [0.15, 0.2) is 5.13 Å². The number of fused-ring (bicyclic) bond motifs is 1. The van der Waals surface area contributed by atoms with Crippen molar-refractivity contribution in [3.8, 4) is 0 Å². The van der Waals surface area contributed by atoms with E-state index in [-0.39, 0.29) is 0 Å². The molecule has 0 aliphatic heterocycles. The highest BCUT2D eigenvalue weighted by Crippen LogP contribution is 2.35. The molecule has 0 fully saturated rings. The average molecular weight is 310 g/mol. The summed E-state index contributed by atoms with van der Waals surface area (Å²) in [5, 5.41) is 6.43. The number of hydrogen-bond donors (Lipinski definition) is 2. The fourth-order valence-corrected chi connectivity index (χ4v) is 3.45. The SMILES string of the molecule is Nc1ccc2c(c1)CCC2Nc1nc(Br)cs1. The third-order valence-electron chi connectivity index (χ3n) is 3.02. The number of nitrogens with one attached hydrogen (secondary N) is 1.